The van der Waals surface area contributed by atoms with Gasteiger partial charge in [0, 0.05) is 43.5 Å². The minimum atomic E-state index is -1.33. The summed E-state index contributed by atoms with van der Waals surface area (Å²) in [6, 6.07) is 8.54. The smallest absolute Gasteiger partial charge is 0.408 e. The van der Waals surface area contributed by atoms with Crippen molar-refractivity contribution in [1.82, 2.24) is 21.3 Å². The van der Waals surface area contributed by atoms with Crippen LogP contribution in [0.15, 0.2) is 61.2 Å². The topological polar surface area (TPSA) is 232 Å². The second-order valence-electron chi connectivity index (χ2n) is 14.0. The zero-order chi connectivity index (χ0) is 42.7. The normalized spacial score (nSPS) is 15.5. The van der Waals surface area contributed by atoms with Crippen LogP contribution in [0, 0.1) is 10.1 Å². The number of hydrogen-bond donors (Lipinski definition) is 4. The lowest BCUT2D eigenvalue weighted by Gasteiger charge is -2.25. The maximum Gasteiger partial charge on any atom is 0.408 e. The van der Waals surface area contributed by atoms with Gasteiger partial charge >= 0.3 is 23.8 Å². The molecule has 2 aliphatic heterocycles. The molecule has 0 aliphatic carbocycles. The fourth-order valence-electron chi connectivity index (χ4n) is 6.07. The molecule has 3 aromatic rings. The molecule has 0 saturated heterocycles. The second-order valence-corrected chi connectivity index (χ2v) is 14.0. The van der Waals surface area contributed by atoms with E-state index in [-0.39, 0.29) is 43.1 Å². The number of hydrogen-bond acceptors (Lipinski definition) is 13. The van der Waals surface area contributed by atoms with Gasteiger partial charge in [0.1, 0.15) is 36.1 Å². The van der Waals surface area contributed by atoms with Crippen molar-refractivity contribution in [1.29, 1.82) is 0 Å². The zero-order valence-corrected chi connectivity index (χ0v) is 33.2. The summed E-state index contributed by atoms with van der Waals surface area (Å²) >= 11 is 0. The summed E-state index contributed by atoms with van der Waals surface area (Å²) in [6.07, 6.45) is -0.841. The highest BCUT2D eigenvalue weighted by Crippen LogP contribution is 2.46. The number of alkyl carbamates (subject to hydrolysis) is 2. The predicted molar refractivity (Wildman–Crippen MR) is 209 cm³/mol. The Hall–Kier alpha value is -6.85. The largest absolute Gasteiger partial charge is 0.496 e. The Morgan fingerprint density at radius 1 is 0.983 bits per heavy atom. The van der Waals surface area contributed by atoms with Crippen LogP contribution < -0.4 is 35.5 Å². The van der Waals surface area contributed by atoms with E-state index in [1.165, 1.54) is 58.7 Å². The van der Waals surface area contributed by atoms with E-state index < -0.39 is 64.3 Å². The Labute approximate surface area is 334 Å². The van der Waals surface area contributed by atoms with Crippen LogP contribution in [0.2, 0.25) is 0 Å². The van der Waals surface area contributed by atoms with Crippen LogP contribution in [0.1, 0.15) is 37.5 Å². The molecule has 2 aliphatic rings. The highest BCUT2D eigenvalue weighted by molar-refractivity contribution is 5.92. The van der Waals surface area contributed by atoms with Crippen molar-refractivity contribution in [2.24, 2.45) is 0 Å². The Morgan fingerprint density at radius 2 is 1.72 bits per heavy atom. The molecule has 2 heterocycles. The van der Waals surface area contributed by atoms with Crippen LogP contribution in [-0.2, 0) is 47.9 Å². The van der Waals surface area contributed by atoms with E-state index in [0.29, 0.717) is 33.6 Å². The number of amides is 4. The number of nitrogens with one attached hydrogen (secondary N) is 4. The maximum atomic E-state index is 14.0. The number of carbonyl (C=O) groups excluding carboxylic acids is 5. The van der Waals surface area contributed by atoms with Crippen molar-refractivity contribution in [3.63, 3.8) is 0 Å². The van der Waals surface area contributed by atoms with Gasteiger partial charge in [-0.1, -0.05) is 24.8 Å². The van der Waals surface area contributed by atoms with Gasteiger partial charge in [-0.15, -0.1) is 0 Å². The monoisotopic (exact) mass is 805 g/mol. The number of benzene rings is 3. The van der Waals surface area contributed by atoms with Crippen molar-refractivity contribution in [3.05, 3.63) is 88.0 Å². The number of likely N-dealkylation sites (N-methyl/N-ethyl adjacent to an activating group) is 1. The van der Waals surface area contributed by atoms with Gasteiger partial charge in [-0.25, -0.2) is 14.4 Å². The van der Waals surface area contributed by atoms with Crippen molar-refractivity contribution in [3.8, 4) is 34.1 Å². The van der Waals surface area contributed by atoms with Gasteiger partial charge in [0.25, 0.3) is 0 Å². The van der Waals surface area contributed by atoms with E-state index in [2.05, 4.69) is 27.8 Å². The molecule has 0 saturated carbocycles. The lowest BCUT2D eigenvalue weighted by Crippen LogP contribution is -2.54. The van der Waals surface area contributed by atoms with Crippen molar-refractivity contribution in [2.45, 2.75) is 63.8 Å². The first-order valence-electron chi connectivity index (χ1n) is 18.0. The molecule has 3 atom stereocenters. The molecule has 3 aromatic carbocycles. The number of fused-ring (bicyclic) bond motifs is 7. The van der Waals surface area contributed by atoms with Crippen LogP contribution in [0.5, 0.6) is 23.0 Å². The molecule has 5 rings (SSSR count). The summed E-state index contributed by atoms with van der Waals surface area (Å²) in [6.45, 7) is 8.41. The number of ether oxygens (including phenoxy) is 6. The number of rotatable bonds is 12. The Balaban J connectivity index is 1.94. The predicted octanol–water partition coefficient (Wildman–Crippen LogP) is 4.29. The molecule has 0 spiro atoms. The Morgan fingerprint density at radius 3 is 2.34 bits per heavy atom. The Bertz CT molecular complexity index is 2060. The molecule has 4 amide bonds. The standard InChI is InChI=1S/C40H47N5O13/c1-9-14-56-38(49)43-28-19-24-16-26(25-15-22(10-12-31(25)53-6)18-29(37(48)55-8)44-39(50)58-40(2,3)4)34(54-7)33(21-24)57-32-13-11-23(20-30(32)45(51)52)17-27(35(46)41-5)42-36(28)47/h9-13,15-16,20-21,27-29H,1,14,17-19H2,2-8H3,(H,41,46)(H,42,47)(H,43,49)(H,44,50)/t27-,28-,29-/m0/s1. The first kappa shape index (κ1) is 43.9. The first-order chi connectivity index (χ1) is 27.5. The lowest BCUT2D eigenvalue weighted by atomic mass is 9.94. The highest BCUT2D eigenvalue weighted by Gasteiger charge is 2.31. The van der Waals surface area contributed by atoms with Crippen molar-refractivity contribution in [2.75, 3.05) is 35.0 Å². The van der Waals surface area contributed by atoms with E-state index in [1.807, 2.05) is 0 Å². The molecule has 0 fully saturated rings. The molecule has 0 aromatic heterocycles. The number of esters is 1. The summed E-state index contributed by atoms with van der Waals surface area (Å²) < 4.78 is 33.3. The van der Waals surface area contributed by atoms with Crippen molar-refractivity contribution < 1.29 is 57.3 Å². The number of methoxy groups -OCH3 is 3. The van der Waals surface area contributed by atoms with Crippen LogP contribution in [0.25, 0.3) is 11.1 Å². The third-order valence-electron chi connectivity index (χ3n) is 8.63. The maximum absolute atomic E-state index is 14.0. The van der Waals surface area contributed by atoms with E-state index in [4.69, 9.17) is 28.4 Å². The minimum absolute atomic E-state index is 0.00831. The van der Waals surface area contributed by atoms with Crippen LogP contribution in [0.3, 0.4) is 0 Å². The van der Waals surface area contributed by atoms with E-state index in [0.717, 1.165) is 0 Å². The molecule has 4 bridgehead atoms. The number of nitro groups is 1. The molecule has 0 radical (unpaired) electrons. The third-order valence-corrected chi connectivity index (χ3v) is 8.63. The van der Waals surface area contributed by atoms with Crippen molar-refractivity contribution >= 4 is 35.7 Å². The van der Waals surface area contributed by atoms with E-state index in [9.17, 15) is 34.1 Å². The van der Waals surface area contributed by atoms with Gasteiger partial charge in [0.2, 0.25) is 17.6 Å². The molecule has 18 nitrogen and oxygen atoms in total. The van der Waals surface area contributed by atoms with Crippen LogP contribution >= 0.6 is 0 Å². The van der Waals surface area contributed by atoms with Crippen LogP contribution in [-0.4, -0.2) is 93.6 Å². The van der Waals surface area contributed by atoms with Gasteiger partial charge in [0.15, 0.2) is 11.5 Å². The highest BCUT2D eigenvalue weighted by atomic mass is 16.6. The molecule has 18 heteroatoms. The third kappa shape index (κ3) is 11.4. The number of nitro benzene ring substituents is 1. The van der Waals surface area contributed by atoms with Gasteiger partial charge in [0.05, 0.1) is 26.3 Å². The average molecular weight is 806 g/mol. The molecular weight excluding hydrogens is 758 g/mol. The minimum Gasteiger partial charge on any atom is -0.496 e. The van der Waals surface area contributed by atoms with Crippen LogP contribution in [0.4, 0.5) is 15.3 Å². The molecule has 4 N–H and O–H groups in total. The Kier molecular flexibility index (Phi) is 14.6. The fourth-order valence-corrected chi connectivity index (χ4v) is 6.07. The van der Waals surface area contributed by atoms with Gasteiger partial charge in [-0.05, 0) is 67.8 Å². The fraction of sp³-hybridized carbons (Fsp3) is 0.375. The second kappa shape index (κ2) is 19.3. The first-order valence-corrected chi connectivity index (χ1v) is 18.0. The summed E-state index contributed by atoms with van der Waals surface area (Å²) in [7, 11) is 5.35. The van der Waals surface area contributed by atoms with Gasteiger partial charge in [-0.2, -0.15) is 0 Å². The SMILES string of the molecule is C=CCOC(=O)N[C@H]1Cc2cc(c(OC)c(-c3cc(C[C@H](NC(=O)OC(C)(C)C)C(=O)OC)ccc3OC)c2)Oc2ccc(cc2[N+](=O)[O-])C[C@@H](C(=O)NC)NC1=O. The molecule has 58 heavy (non-hydrogen) atoms. The summed E-state index contributed by atoms with van der Waals surface area (Å²) in [5.41, 5.74) is 0.631. The molecule has 310 valence electrons. The zero-order valence-electron chi connectivity index (χ0n) is 33.2. The molecular formula is C40H47N5O13. The summed E-state index contributed by atoms with van der Waals surface area (Å²) in [5, 5.41) is 22.6. The lowest BCUT2D eigenvalue weighted by molar-refractivity contribution is -0.385. The van der Waals surface area contributed by atoms with Gasteiger partial charge in [-0.3, -0.25) is 19.7 Å². The van der Waals surface area contributed by atoms with E-state index in [1.54, 1.807) is 45.0 Å². The van der Waals surface area contributed by atoms with E-state index >= 15 is 0 Å². The van der Waals surface area contributed by atoms with Gasteiger partial charge < -0.3 is 49.7 Å². The number of carbonyl (C=O) groups is 5. The summed E-state index contributed by atoms with van der Waals surface area (Å²) in [5.74, 6) is -1.84. The quantitative estimate of drug-likeness (QED) is 0.0659. The molecule has 0 unspecified atom stereocenters. The average Bonchev–Trinajstić information content (AvgIpc) is 3.17. The number of nitrogens with zero attached hydrogens (tertiary/aromatic N) is 1. The summed E-state index contributed by atoms with van der Waals surface area (Å²) in [4.78, 5) is 77.1.